The Bertz CT molecular complexity index is 1080. The van der Waals surface area contributed by atoms with Crippen LogP contribution in [0.1, 0.15) is 40.8 Å². The number of fused-ring (bicyclic) bond motifs is 1. The van der Waals surface area contributed by atoms with E-state index in [1.807, 2.05) is 30.5 Å². The summed E-state index contributed by atoms with van der Waals surface area (Å²) in [6.45, 7) is 7.01. The molecule has 3 heterocycles. The number of benzene rings is 1. The van der Waals surface area contributed by atoms with E-state index in [1.54, 1.807) is 14.2 Å². The molecule has 1 amide bonds. The third-order valence-electron chi connectivity index (χ3n) is 6.77. The van der Waals surface area contributed by atoms with E-state index in [0.717, 1.165) is 55.0 Å². The molecule has 2 aliphatic heterocycles. The van der Waals surface area contributed by atoms with Crippen LogP contribution in [0.3, 0.4) is 0 Å². The smallest absolute Gasteiger partial charge is 0.239 e. The van der Waals surface area contributed by atoms with Gasteiger partial charge in [-0.25, -0.2) is 0 Å². The van der Waals surface area contributed by atoms with Crippen LogP contribution in [0, 0.1) is 25.2 Å². The fourth-order valence-electron chi connectivity index (χ4n) is 4.80. The first-order valence-electron chi connectivity index (χ1n) is 11.4. The summed E-state index contributed by atoms with van der Waals surface area (Å²) >= 11 is 0. The molecule has 1 saturated heterocycles. The van der Waals surface area contributed by atoms with Crippen LogP contribution >= 0.6 is 0 Å². The van der Waals surface area contributed by atoms with Crippen LogP contribution in [-0.2, 0) is 29.0 Å². The molecule has 33 heavy (non-hydrogen) atoms. The van der Waals surface area contributed by atoms with Gasteiger partial charge in [0, 0.05) is 25.4 Å². The number of hydrogen-bond acceptors (Lipinski definition) is 6. The molecule has 1 aromatic heterocycles. The second-order valence-corrected chi connectivity index (χ2v) is 8.78. The first-order chi connectivity index (χ1) is 15.9. The molecular formula is C25H32N4O4. The van der Waals surface area contributed by atoms with Gasteiger partial charge in [0.25, 0.3) is 0 Å². The normalized spacial score (nSPS) is 18.0. The zero-order chi connectivity index (χ0) is 23.5. The van der Waals surface area contributed by atoms with Crippen molar-refractivity contribution >= 4 is 11.7 Å². The van der Waals surface area contributed by atoms with Crippen LogP contribution in [0.25, 0.3) is 0 Å². The third kappa shape index (κ3) is 4.70. The monoisotopic (exact) mass is 452 g/mol. The highest BCUT2D eigenvalue weighted by atomic mass is 16.5. The molecule has 1 atom stereocenters. The minimum Gasteiger partial charge on any atom is -0.493 e. The zero-order valence-electron chi connectivity index (χ0n) is 19.9. The maximum absolute atomic E-state index is 13.0. The predicted octanol–water partition coefficient (Wildman–Crippen LogP) is 3.17. The SMILES string of the molecule is COc1cc2c(cc1OC)CN(CC(=O)Nc1c(C#N)c(C)c(C)n1CC1CCCO1)CC2. The molecule has 8 heteroatoms. The summed E-state index contributed by atoms with van der Waals surface area (Å²) in [5.41, 5.74) is 4.77. The minimum atomic E-state index is -0.124. The molecule has 1 unspecified atom stereocenters. The minimum absolute atomic E-state index is 0.114. The van der Waals surface area contributed by atoms with Crippen LogP contribution in [0.15, 0.2) is 12.1 Å². The number of aromatic nitrogens is 1. The van der Waals surface area contributed by atoms with Crippen molar-refractivity contribution in [1.29, 1.82) is 5.26 Å². The van der Waals surface area contributed by atoms with Crippen molar-refractivity contribution in [3.05, 3.63) is 40.1 Å². The van der Waals surface area contributed by atoms with Gasteiger partial charge in [0.2, 0.25) is 5.91 Å². The van der Waals surface area contributed by atoms with Crippen molar-refractivity contribution in [1.82, 2.24) is 9.47 Å². The van der Waals surface area contributed by atoms with E-state index in [-0.39, 0.29) is 18.6 Å². The van der Waals surface area contributed by atoms with E-state index >= 15 is 0 Å². The molecule has 1 fully saturated rings. The van der Waals surface area contributed by atoms with Crippen molar-refractivity contribution in [2.75, 3.05) is 39.2 Å². The summed E-state index contributed by atoms with van der Waals surface area (Å²) in [6.07, 6.45) is 2.99. The van der Waals surface area contributed by atoms with Crippen molar-refractivity contribution in [2.45, 2.75) is 52.3 Å². The molecule has 1 N–H and O–H groups in total. The first-order valence-corrected chi connectivity index (χ1v) is 11.4. The summed E-state index contributed by atoms with van der Waals surface area (Å²) in [7, 11) is 3.26. The van der Waals surface area contributed by atoms with Gasteiger partial charge in [-0.15, -0.1) is 0 Å². The number of hydrogen-bond donors (Lipinski definition) is 1. The van der Waals surface area contributed by atoms with Crippen molar-refractivity contribution in [3.63, 3.8) is 0 Å². The standard InChI is InChI=1S/C25H32N4O4/c1-16-17(2)29(14-20-6-5-9-33-20)25(21(16)12-26)27-24(30)15-28-8-7-18-10-22(31-3)23(32-4)11-19(18)13-28/h10-11,20H,5-9,13-15H2,1-4H3,(H,27,30). The number of nitrogens with one attached hydrogen (secondary N) is 1. The second-order valence-electron chi connectivity index (χ2n) is 8.78. The third-order valence-corrected chi connectivity index (χ3v) is 6.77. The first kappa shape index (κ1) is 23.1. The molecular weight excluding hydrogens is 420 g/mol. The number of rotatable bonds is 7. The van der Waals surface area contributed by atoms with Crippen LogP contribution in [0.2, 0.25) is 0 Å². The van der Waals surface area contributed by atoms with Gasteiger partial charge in [-0.2, -0.15) is 5.26 Å². The summed E-state index contributed by atoms with van der Waals surface area (Å²) in [6, 6.07) is 6.29. The Morgan fingerprint density at radius 3 is 2.61 bits per heavy atom. The fraction of sp³-hybridized carbons (Fsp3) is 0.520. The molecule has 1 aromatic carbocycles. The molecule has 0 spiro atoms. The Hall–Kier alpha value is -3.02. The Morgan fingerprint density at radius 1 is 1.24 bits per heavy atom. The average molecular weight is 453 g/mol. The van der Waals surface area contributed by atoms with Gasteiger partial charge in [0.1, 0.15) is 11.9 Å². The highest BCUT2D eigenvalue weighted by Gasteiger charge is 2.26. The van der Waals surface area contributed by atoms with Crippen LogP contribution in [0.4, 0.5) is 5.82 Å². The molecule has 0 saturated carbocycles. The summed E-state index contributed by atoms with van der Waals surface area (Å²) < 4.78 is 18.7. The number of anilines is 1. The molecule has 0 radical (unpaired) electrons. The molecule has 2 aliphatic rings. The quantitative estimate of drug-likeness (QED) is 0.694. The van der Waals surface area contributed by atoms with E-state index < -0.39 is 0 Å². The van der Waals surface area contributed by atoms with Crippen molar-refractivity contribution in [3.8, 4) is 17.6 Å². The number of methoxy groups -OCH3 is 2. The number of nitrogens with zero attached hydrogens (tertiary/aromatic N) is 3. The molecule has 0 bridgehead atoms. The highest BCUT2D eigenvalue weighted by molar-refractivity contribution is 5.93. The second kappa shape index (κ2) is 9.86. The summed E-state index contributed by atoms with van der Waals surface area (Å²) in [4.78, 5) is 15.2. The van der Waals surface area contributed by atoms with Crippen LogP contribution < -0.4 is 14.8 Å². The van der Waals surface area contributed by atoms with Gasteiger partial charge in [-0.05, 0) is 61.9 Å². The lowest BCUT2D eigenvalue weighted by Crippen LogP contribution is -2.37. The maximum atomic E-state index is 13.0. The van der Waals surface area contributed by atoms with Gasteiger partial charge >= 0.3 is 0 Å². The van der Waals surface area contributed by atoms with E-state index in [0.29, 0.717) is 30.2 Å². The Kier molecular flexibility index (Phi) is 6.91. The summed E-state index contributed by atoms with van der Waals surface area (Å²) in [5.74, 6) is 1.88. The molecule has 8 nitrogen and oxygen atoms in total. The number of ether oxygens (including phenoxy) is 3. The topological polar surface area (TPSA) is 88.8 Å². The van der Waals surface area contributed by atoms with Crippen molar-refractivity contribution < 1.29 is 19.0 Å². The van der Waals surface area contributed by atoms with Crippen LogP contribution in [-0.4, -0.2) is 55.4 Å². The fourth-order valence-corrected chi connectivity index (χ4v) is 4.80. The van der Waals surface area contributed by atoms with Gasteiger partial charge in [-0.3, -0.25) is 9.69 Å². The number of carbonyl (C=O) groups is 1. The maximum Gasteiger partial charge on any atom is 0.239 e. The lowest BCUT2D eigenvalue weighted by atomic mass is 9.99. The number of nitriles is 1. The van der Waals surface area contributed by atoms with Gasteiger partial charge < -0.3 is 24.1 Å². The lowest BCUT2D eigenvalue weighted by Gasteiger charge is -2.29. The van der Waals surface area contributed by atoms with E-state index in [1.165, 1.54) is 5.56 Å². The lowest BCUT2D eigenvalue weighted by molar-refractivity contribution is -0.117. The molecule has 176 valence electrons. The van der Waals surface area contributed by atoms with E-state index in [9.17, 15) is 10.1 Å². The number of carbonyl (C=O) groups excluding carboxylic acids is 1. The zero-order valence-corrected chi connectivity index (χ0v) is 19.9. The Morgan fingerprint density at radius 2 is 1.97 bits per heavy atom. The molecule has 0 aliphatic carbocycles. The van der Waals surface area contributed by atoms with Crippen LogP contribution in [0.5, 0.6) is 11.5 Å². The van der Waals surface area contributed by atoms with Crippen molar-refractivity contribution in [2.24, 2.45) is 0 Å². The van der Waals surface area contributed by atoms with Gasteiger partial charge in [0.05, 0.1) is 39.0 Å². The molecule has 4 rings (SSSR count). The van der Waals surface area contributed by atoms with E-state index in [2.05, 4.69) is 16.3 Å². The van der Waals surface area contributed by atoms with E-state index in [4.69, 9.17) is 14.2 Å². The average Bonchev–Trinajstić information content (AvgIpc) is 3.40. The van der Waals surface area contributed by atoms with Gasteiger partial charge in [0.15, 0.2) is 11.5 Å². The Balaban J connectivity index is 1.48. The predicted molar refractivity (Wildman–Crippen MR) is 125 cm³/mol. The summed E-state index contributed by atoms with van der Waals surface area (Å²) in [5, 5.41) is 12.8. The Labute approximate surface area is 195 Å². The largest absolute Gasteiger partial charge is 0.493 e. The highest BCUT2D eigenvalue weighted by Crippen LogP contribution is 2.33. The van der Waals surface area contributed by atoms with Gasteiger partial charge in [-0.1, -0.05) is 0 Å². The molecule has 2 aromatic rings. The number of amides is 1.